The number of halogens is 1. The fraction of sp³-hybridized carbons (Fsp3) is 0.231. The molecule has 9 heteroatoms. The number of para-hydroxylation sites is 1. The Morgan fingerprint density at radius 1 is 0.971 bits per heavy atom. The van der Waals surface area contributed by atoms with E-state index in [9.17, 15) is 18.0 Å². The summed E-state index contributed by atoms with van der Waals surface area (Å²) in [5, 5.41) is 0.516. The molecule has 0 aromatic heterocycles. The molecular formula is C26H23ClN2O5S. The molecule has 0 N–H and O–H groups in total. The second-order valence-electron chi connectivity index (χ2n) is 8.73. The van der Waals surface area contributed by atoms with Gasteiger partial charge in [0.25, 0.3) is 16.0 Å². The largest absolute Gasteiger partial charge is 0.324 e. The van der Waals surface area contributed by atoms with Gasteiger partial charge in [-0.3, -0.25) is 13.8 Å². The number of carbonyl (C=O) groups excluding carboxylic acids is 2. The maximum absolute atomic E-state index is 13.8. The van der Waals surface area contributed by atoms with Gasteiger partial charge in [-0.25, -0.2) is 0 Å². The molecule has 3 aromatic rings. The third kappa shape index (κ3) is 4.45. The SMILES string of the molecule is Cc1ccc(S(=O)(=O)O[C@@H]2C[C@H]3C(=O)N(Cc4ccccc4Cl)c4ccccc4C(=O)N3C2)cc1. The molecule has 2 atom stereocenters. The highest BCUT2D eigenvalue weighted by Crippen LogP contribution is 2.35. The van der Waals surface area contributed by atoms with Gasteiger partial charge in [0.1, 0.15) is 6.04 Å². The Kier molecular flexibility index (Phi) is 6.13. The lowest BCUT2D eigenvalue weighted by Crippen LogP contribution is -2.44. The van der Waals surface area contributed by atoms with Gasteiger partial charge in [-0.2, -0.15) is 8.42 Å². The van der Waals surface area contributed by atoms with Crippen LogP contribution in [-0.4, -0.2) is 43.8 Å². The number of benzene rings is 3. The minimum atomic E-state index is -4.06. The van der Waals surface area contributed by atoms with Crippen LogP contribution in [0.4, 0.5) is 5.69 Å². The Balaban J connectivity index is 1.46. The van der Waals surface area contributed by atoms with Crippen LogP contribution < -0.4 is 4.90 Å². The van der Waals surface area contributed by atoms with Gasteiger partial charge in [0.15, 0.2) is 0 Å². The first-order chi connectivity index (χ1) is 16.7. The van der Waals surface area contributed by atoms with Crippen LogP contribution in [0.15, 0.2) is 77.7 Å². The summed E-state index contributed by atoms with van der Waals surface area (Å²) in [6, 6.07) is 19.6. The molecule has 1 fully saturated rings. The monoisotopic (exact) mass is 510 g/mol. The minimum absolute atomic E-state index is 0.00536. The van der Waals surface area contributed by atoms with Gasteiger partial charge in [-0.05, 0) is 42.8 Å². The van der Waals surface area contributed by atoms with Crippen molar-refractivity contribution in [1.82, 2.24) is 4.90 Å². The lowest BCUT2D eigenvalue weighted by molar-refractivity contribution is -0.122. The number of nitrogens with zero attached hydrogens (tertiary/aromatic N) is 2. The molecule has 0 spiro atoms. The molecule has 35 heavy (non-hydrogen) atoms. The molecule has 7 nitrogen and oxygen atoms in total. The molecule has 2 heterocycles. The Labute approximate surface area is 209 Å². The molecule has 0 bridgehead atoms. The molecule has 3 aromatic carbocycles. The van der Waals surface area contributed by atoms with E-state index in [1.54, 1.807) is 47.4 Å². The van der Waals surface area contributed by atoms with Crippen molar-refractivity contribution in [3.05, 3.63) is 94.5 Å². The molecule has 0 radical (unpaired) electrons. The minimum Gasteiger partial charge on any atom is -0.324 e. The third-order valence-corrected chi connectivity index (χ3v) is 8.10. The highest BCUT2D eigenvalue weighted by atomic mass is 35.5. The van der Waals surface area contributed by atoms with Crippen molar-refractivity contribution >= 4 is 39.2 Å². The Morgan fingerprint density at radius 2 is 1.66 bits per heavy atom. The van der Waals surface area contributed by atoms with Crippen molar-refractivity contribution in [2.75, 3.05) is 11.4 Å². The number of carbonyl (C=O) groups is 2. The van der Waals surface area contributed by atoms with Gasteiger partial charge < -0.3 is 9.80 Å². The number of hydrogen-bond acceptors (Lipinski definition) is 5. The average molecular weight is 511 g/mol. The van der Waals surface area contributed by atoms with Crippen LogP contribution in [0.1, 0.15) is 27.9 Å². The molecule has 0 unspecified atom stereocenters. The second kappa shape index (κ2) is 9.11. The van der Waals surface area contributed by atoms with Gasteiger partial charge in [0, 0.05) is 18.0 Å². The zero-order valence-corrected chi connectivity index (χ0v) is 20.5. The van der Waals surface area contributed by atoms with Gasteiger partial charge in [-0.1, -0.05) is 59.6 Å². The van der Waals surface area contributed by atoms with E-state index in [1.165, 1.54) is 17.0 Å². The molecule has 0 saturated carbocycles. The number of rotatable bonds is 5. The average Bonchev–Trinajstić information content (AvgIpc) is 3.23. The van der Waals surface area contributed by atoms with Crippen LogP contribution in [0, 0.1) is 6.92 Å². The van der Waals surface area contributed by atoms with Gasteiger partial charge >= 0.3 is 0 Å². The van der Waals surface area contributed by atoms with Crippen LogP contribution in [0.5, 0.6) is 0 Å². The summed E-state index contributed by atoms with van der Waals surface area (Å²) in [6.45, 7) is 2.04. The summed E-state index contributed by atoms with van der Waals surface area (Å²) in [6.07, 6.45) is -0.769. The van der Waals surface area contributed by atoms with Crippen LogP contribution >= 0.6 is 11.6 Å². The summed E-state index contributed by atoms with van der Waals surface area (Å²) in [7, 11) is -4.06. The zero-order chi connectivity index (χ0) is 24.7. The van der Waals surface area contributed by atoms with E-state index >= 15 is 0 Å². The Morgan fingerprint density at radius 3 is 2.40 bits per heavy atom. The highest BCUT2D eigenvalue weighted by molar-refractivity contribution is 7.86. The lowest BCUT2D eigenvalue weighted by Gasteiger charge is -2.26. The van der Waals surface area contributed by atoms with Crippen molar-refractivity contribution in [1.29, 1.82) is 0 Å². The second-order valence-corrected chi connectivity index (χ2v) is 10.7. The molecule has 5 rings (SSSR count). The smallest absolute Gasteiger partial charge is 0.297 e. The predicted molar refractivity (Wildman–Crippen MR) is 132 cm³/mol. The first-order valence-corrected chi connectivity index (χ1v) is 13.0. The normalized spacial score (nSPS) is 19.9. The Hall–Kier alpha value is -3.20. The quantitative estimate of drug-likeness (QED) is 0.481. The molecule has 2 aliphatic heterocycles. The van der Waals surface area contributed by atoms with E-state index in [-0.39, 0.29) is 36.2 Å². The van der Waals surface area contributed by atoms with Crippen LogP contribution in [0.2, 0.25) is 5.02 Å². The van der Waals surface area contributed by atoms with E-state index < -0.39 is 22.3 Å². The van der Waals surface area contributed by atoms with Crippen molar-refractivity contribution in [2.24, 2.45) is 0 Å². The van der Waals surface area contributed by atoms with Crippen LogP contribution in [-0.2, 0) is 25.6 Å². The van der Waals surface area contributed by atoms with Crippen LogP contribution in [0.3, 0.4) is 0 Å². The van der Waals surface area contributed by atoms with Gasteiger partial charge in [0.05, 0.1) is 28.8 Å². The lowest BCUT2D eigenvalue weighted by atomic mass is 10.1. The summed E-state index contributed by atoms with van der Waals surface area (Å²) in [5.74, 6) is -0.638. The molecule has 0 aliphatic carbocycles. The van der Waals surface area contributed by atoms with Gasteiger partial charge in [0.2, 0.25) is 5.91 Å². The maximum Gasteiger partial charge on any atom is 0.297 e. The number of aryl methyl sites for hydroxylation is 1. The summed E-state index contributed by atoms with van der Waals surface area (Å²) in [4.78, 5) is 30.2. The van der Waals surface area contributed by atoms with E-state index in [1.807, 2.05) is 25.1 Å². The van der Waals surface area contributed by atoms with Gasteiger partial charge in [-0.15, -0.1) is 0 Å². The first kappa shape index (κ1) is 23.5. The molecule has 1 saturated heterocycles. The third-order valence-electron chi connectivity index (χ3n) is 6.36. The molecular weight excluding hydrogens is 488 g/mol. The number of fused-ring (bicyclic) bond motifs is 2. The first-order valence-electron chi connectivity index (χ1n) is 11.2. The van der Waals surface area contributed by atoms with E-state index in [0.29, 0.717) is 16.3 Å². The van der Waals surface area contributed by atoms with Crippen LogP contribution in [0.25, 0.3) is 0 Å². The number of amides is 2. The van der Waals surface area contributed by atoms with Crippen molar-refractivity contribution in [2.45, 2.75) is 36.9 Å². The van der Waals surface area contributed by atoms with E-state index in [4.69, 9.17) is 15.8 Å². The fourth-order valence-corrected chi connectivity index (χ4v) is 5.84. The van der Waals surface area contributed by atoms with Crippen molar-refractivity contribution in [3.63, 3.8) is 0 Å². The number of anilines is 1. The standard InChI is InChI=1S/C26H23ClN2O5S/c1-17-10-12-20(13-11-17)35(32,33)34-19-14-24-26(31)28(15-18-6-2-4-8-22(18)27)23-9-5-3-7-21(23)25(30)29(24)16-19/h2-13,19,24H,14-16H2,1H3/t19-,24+/m1/s1. The highest BCUT2D eigenvalue weighted by Gasteiger charge is 2.47. The van der Waals surface area contributed by atoms with Crippen molar-refractivity contribution in [3.8, 4) is 0 Å². The molecule has 180 valence electrons. The van der Waals surface area contributed by atoms with E-state index in [2.05, 4.69) is 0 Å². The summed E-state index contributed by atoms with van der Waals surface area (Å²) < 4.78 is 31.2. The number of hydrogen-bond donors (Lipinski definition) is 0. The maximum atomic E-state index is 13.8. The van der Waals surface area contributed by atoms with E-state index in [0.717, 1.165) is 11.1 Å². The Bertz CT molecular complexity index is 1410. The topological polar surface area (TPSA) is 84.0 Å². The molecule has 2 amide bonds. The summed E-state index contributed by atoms with van der Waals surface area (Å²) >= 11 is 6.36. The predicted octanol–water partition coefficient (Wildman–Crippen LogP) is 4.18. The zero-order valence-electron chi connectivity index (χ0n) is 18.9. The summed E-state index contributed by atoms with van der Waals surface area (Å²) in [5.41, 5.74) is 2.54. The van der Waals surface area contributed by atoms with Crippen molar-refractivity contribution < 1.29 is 22.2 Å². The fourth-order valence-electron chi connectivity index (χ4n) is 4.57. The molecule has 2 aliphatic rings.